The molecule has 0 saturated carbocycles. The monoisotopic (exact) mass is 318 g/mol. The Labute approximate surface area is 137 Å². The van der Waals surface area contributed by atoms with Crippen molar-refractivity contribution < 1.29 is 14.7 Å². The lowest BCUT2D eigenvalue weighted by Gasteiger charge is -2.24. The van der Waals surface area contributed by atoms with Crippen LogP contribution in [0.25, 0.3) is 0 Å². The first-order valence-electron chi connectivity index (χ1n) is 8.28. The van der Waals surface area contributed by atoms with Crippen LogP contribution >= 0.6 is 0 Å². The van der Waals surface area contributed by atoms with Gasteiger partial charge in [0.1, 0.15) is 6.04 Å². The smallest absolute Gasteiger partial charge is 0.320 e. The molecule has 1 heterocycles. The molecular weight excluding hydrogens is 292 g/mol. The number of carboxylic acids is 1. The van der Waals surface area contributed by atoms with Crippen molar-refractivity contribution in [3.63, 3.8) is 0 Å². The first-order chi connectivity index (χ1) is 11.0. The quantitative estimate of drug-likeness (QED) is 0.810. The van der Waals surface area contributed by atoms with E-state index in [1.54, 1.807) is 4.90 Å². The fourth-order valence-electron chi connectivity index (χ4n) is 3.15. The molecule has 1 aliphatic rings. The van der Waals surface area contributed by atoms with E-state index < -0.39 is 12.0 Å². The van der Waals surface area contributed by atoms with Crippen LogP contribution in [0.5, 0.6) is 0 Å². The van der Waals surface area contributed by atoms with Gasteiger partial charge in [0.25, 0.3) is 0 Å². The van der Waals surface area contributed by atoms with Crippen LogP contribution in [-0.2, 0) is 9.59 Å². The summed E-state index contributed by atoms with van der Waals surface area (Å²) in [6.45, 7) is 5.08. The summed E-state index contributed by atoms with van der Waals surface area (Å²) in [6.07, 6.45) is 2.31. The molecule has 1 fully saturated rings. The van der Waals surface area contributed by atoms with Crippen LogP contribution in [0, 0.1) is 5.92 Å². The van der Waals surface area contributed by atoms with Crippen LogP contribution in [0.2, 0.25) is 0 Å². The fraction of sp³-hybridized carbons (Fsp3) is 0.556. The maximum absolute atomic E-state index is 12.4. The number of carboxylic acid groups (broad SMARTS) is 1. The van der Waals surface area contributed by atoms with Gasteiger partial charge in [-0.3, -0.25) is 14.5 Å². The molecule has 1 aromatic rings. The SMILES string of the molecule is CC(C)CC(NC(=O)CN1CCC[C@@H]1C(=O)O)c1ccccc1. The highest BCUT2D eigenvalue weighted by atomic mass is 16.4. The molecule has 5 heteroatoms. The largest absolute Gasteiger partial charge is 0.480 e. The van der Waals surface area contributed by atoms with Crippen molar-refractivity contribution in [3.05, 3.63) is 35.9 Å². The van der Waals surface area contributed by atoms with E-state index in [-0.39, 0.29) is 18.5 Å². The Bertz CT molecular complexity index is 530. The van der Waals surface area contributed by atoms with Gasteiger partial charge >= 0.3 is 5.97 Å². The van der Waals surface area contributed by atoms with Crippen molar-refractivity contribution in [2.24, 2.45) is 5.92 Å². The fourth-order valence-corrected chi connectivity index (χ4v) is 3.15. The van der Waals surface area contributed by atoms with Gasteiger partial charge in [-0.25, -0.2) is 0 Å². The molecule has 2 atom stereocenters. The number of hydrogen-bond donors (Lipinski definition) is 2. The highest BCUT2D eigenvalue weighted by Gasteiger charge is 2.32. The van der Waals surface area contributed by atoms with Crippen molar-refractivity contribution in [1.29, 1.82) is 0 Å². The van der Waals surface area contributed by atoms with E-state index in [0.717, 1.165) is 18.4 Å². The highest BCUT2D eigenvalue weighted by molar-refractivity contribution is 5.80. The molecule has 0 spiro atoms. The lowest BCUT2D eigenvalue weighted by Crippen LogP contribution is -2.43. The minimum Gasteiger partial charge on any atom is -0.480 e. The Morgan fingerprint density at radius 3 is 2.61 bits per heavy atom. The van der Waals surface area contributed by atoms with E-state index in [0.29, 0.717) is 18.9 Å². The minimum atomic E-state index is -0.836. The van der Waals surface area contributed by atoms with Crippen molar-refractivity contribution in [1.82, 2.24) is 10.2 Å². The molecule has 23 heavy (non-hydrogen) atoms. The molecule has 1 aromatic carbocycles. The van der Waals surface area contributed by atoms with Crippen molar-refractivity contribution >= 4 is 11.9 Å². The standard InChI is InChI=1S/C18H26N2O3/c1-13(2)11-15(14-7-4-3-5-8-14)19-17(21)12-20-10-6-9-16(20)18(22)23/h3-5,7-8,13,15-16H,6,9-12H2,1-2H3,(H,19,21)(H,22,23)/t15?,16-/m1/s1. The van der Waals surface area contributed by atoms with E-state index in [4.69, 9.17) is 0 Å². The molecule has 1 amide bonds. The van der Waals surface area contributed by atoms with E-state index in [1.165, 1.54) is 0 Å². The van der Waals surface area contributed by atoms with Crippen molar-refractivity contribution in [2.45, 2.75) is 45.2 Å². The lowest BCUT2D eigenvalue weighted by atomic mass is 9.97. The Hall–Kier alpha value is -1.88. The van der Waals surface area contributed by atoms with E-state index >= 15 is 0 Å². The van der Waals surface area contributed by atoms with Gasteiger partial charge in [-0.1, -0.05) is 44.2 Å². The van der Waals surface area contributed by atoms with Crippen LogP contribution in [-0.4, -0.2) is 41.0 Å². The normalized spacial score (nSPS) is 19.7. The lowest BCUT2D eigenvalue weighted by molar-refractivity contribution is -0.142. The molecular formula is C18H26N2O3. The molecule has 126 valence electrons. The number of amides is 1. The van der Waals surface area contributed by atoms with Crippen LogP contribution in [0.3, 0.4) is 0 Å². The average Bonchev–Trinajstić information content (AvgIpc) is 2.95. The molecule has 1 unspecified atom stereocenters. The number of rotatable bonds is 7. The Morgan fingerprint density at radius 2 is 2.00 bits per heavy atom. The summed E-state index contributed by atoms with van der Waals surface area (Å²) in [4.78, 5) is 25.4. The number of carbonyl (C=O) groups excluding carboxylic acids is 1. The third kappa shape index (κ3) is 5.06. The van der Waals surface area contributed by atoms with Crippen LogP contribution < -0.4 is 5.32 Å². The molecule has 0 bridgehead atoms. The first-order valence-corrected chi connectivity index (χ1v) is 8.28. The van der Waals surface area contributed by atoms with Crippen LogP contribution in [0.1, 0.15) is 44.7 Å². The highest BCUT2D eigenvalue weighted by Crippen LogP contribution is 2.22. The number of nitrogens with zero attached hydrogens (tertiary/aromatic N) is 1. The minimum absolute atomic E-state index is 0.0328. The molecule has 0 aliphatic carbocycles. The Morgan fingerprint density at radius 1 is 1.30 bits per heavy atom. The van der Waals surface area contributed by atoms with Gasteiger partial charge in [0.05, 0.1) is 12.6 Å². The summed E-state index contributed by atoms with van der Waals surface area (Å²) >= 11 is 0. The molecule has 2 rings (SSSR count). The van der Waals surface area contributed by atoms with Gasteiger partial charge in [-0.2, -0.15) is 0 Å². The number of nitrogens with one attached hydrogen (secondary N) is 1. The van der Waals surface area contributed by atoms with E-state index in [1.807, 2.05) is 30.3 Å². The Kier molecular flexibility index (Phi) is 6.16. The summed E-state index contributed by atoms with van der Waals surface area (Å²) in [6, 6.07) is 9.37. The van der Waals surface area contributed by atoms with Crippen molar-refractivity contribution in [2.75, 3.05) is 13.1 Å². The molecule has 5 nitrogen and oxygen atoms in total. The van der Waals surface area contributed by atoms with Gasteiger partial charge in [0.2, 0.25) is 5.91 Å². The molecule has 0 aromatic heterocycles. The number of hydrogen-bond acceptors (Lipinski definition) is 3. The molecule has 0 radical (unpaired) electrons. The summed E-state index contributed by atoms with van der Waals surface area (Å²) in [5.74, 6) is -0.483. The van der Waals surface area contributed by atoms with Gasteiger partial charge in [-0.05, 0) is 37.3 Å². The first kappa shape index (κ1) is 17.5. The van der Waals surface area contributed by atoms with Gasteiger partial charge in [-0.15, -0.1) is 0 Å². The third-order valence-corrected chi connectivity index (χ3v) is 4.24. The Balaban J connectivity index is 1.99. The van der Waals surface area contributed by atoms with Gasteiger partial charge in [0.15, 0.2) is 0 Å². The maximum Gasteiger partial charge on any atom is 0.320 e. The summed E-state index contributed by atoms with van der Waals surface area (Å²) < 4.78 is 0. The predicted octanol–water partition coefficient (Wildman–Crippen LogP) is 2.44. The molecule has 1 aliphatic heterocycles. The second-order valence-corrected chi connectivity index (χ2v) is 6.63. The molecule has 2 N–H and O–H groups in total. The topological polar surface area (TPSA) is 69.6 Å². The van der Waals surface area contributed by atoms with Crippen molar-refractivity contribution in [3.8, 4) is 0 Å². The van der Waals surface area contributed by atoms with E-state index in [2.05, 4.69) is 19.2 Å². The second-order valence-electron chi connectivity index (χ2n) is 6.63. The number of aliphatic carboxylic acids is 1. The summed E-state index contributed by atoms with van der Waals surface area (Å²) in [5.41, 5.74) is 1.09. The van der Waals surface area contributed by atoms with Gasteiger partial charge in [0, 0.05) is 0 Å². The zero-order chi connectivity index (χ0) is 16.8. The summed E-state index contributed by atoms with van der Waals surface area (Å²) in [7, 11) is 0. The second kappa shape index (κ2) is 8.11. The zero-order valence-electron chi connectivity index (χ0n) is 13.9. The number of benzene rings is 1. The average molecular weight is 318 g/mol. The van der Waals surface area contributed by atoms with Crippen LogP contribution in [0.4, 0.5) is 0 Å². The van der Waals surface area contributed by atoms with E-state index in [9.17, 15) is 14.7 Å². The zero-order valence-corrected chi connectivity index (χ0v) is 13.9. The maximum atomic E-state index is 12.4. The number of carbonyl (C=O) groups is 2. The molecule has 1 saturated heterocycles. The summed E-state index contributed by atoms with van der Waals surface area (Å²) in [5, 5.41) is 12.3. The van der Waals surface area contributed by atoms with Crippen LogP contribution in [0.15, 0.2) is 30.3 Å². The third-order valence-electron chi connectivity index (χ3n) is 4.24. The predicted molar refractivity (Wildman–Crippen MR) is 89.0 cm³/mol. The van der Waals surface area contributed by atoms with Gasteiger partial charge < -0.3 is 10.4 Å². The number of likely N-dealkylation sites (tertiary alicyclic amines) is 1.